The maximum atomic E-state index is 13.2. The van der Waals surface area contributed by atoms with Crippen LogP contribution in [0.2, 0.25) is 0 Å². The van der Waals surface area contributed by atoms with Crippen molar-refractivity contribution >= 4 is 16.9 Å². The van der Waals surface area contributed by atoms with Gasteiger partial charge >= 0.3 is 12.1 Å². The zero-order chi connectivity index (χ0) is 17.5. The summed E-state index contributed by atoms with van der Waals surface area (Å²) in [5.74, 6) is -1.51. The highest BCUT2D eigenvalue weighted by molar-refractivity contribution is 5.99. The molecule has 3 rings (SSSR count). The van der Waals surface area contributed by atoms with Crippen LogP contribution in [0, 0.1) is 0 Å². The van der Waals surface area contributed by atoms with Crippen LogP contribution in [0.5, 0.6) is 0 Å². The van der Waals surface area contributed by atoms with Crippen molar-refractivity contribution in [2.24, 2.45) is 0 Å². The minimum atomic E-state index is -4.68. The first-order valence-corrected chi connectivity index (χ1v) is 6.85. The largest absolute Gasteiger partial charge is 0.477 e. The first-order chi connectivity index (χ1) is 11.3. The Morgan fingerprint density at radius 1 is 1.00 bits per heavy atom. The topological polar surface area (TPSA) is 70.2 Å². The van der Waals surface area contributed by atoms with Crippen molar-refractivity contribution in [1.82, 2.24) is 4.98 Å². The number of fused-ring (bicyclic) bond motifs is 1. The van der Waals surface area contributed by atoms with Crippen LogP contribution in [0.15, 0.2) is 53.3 Å². The summed E-state index contributed by atoms with van der Waals surface area (Å²) in [7, 11) is 0. The van der Waals surface area contributed by atoms with Gasteiger partial charge in [0, 0.05) is 5.39 Å². The molecule has 2 N–H and O–H groups in total. The Morgan fingerprint density at radius 2 is 1.67 bits per heavy atom. The van der Waals surface area contributed by atoms with E-state index in [1.165, 1.54) is 18.2 Å². The lowest BCUT2D eigenvalue weighted by atomic mass is 10.0. The van der Waals surface area contributed by atoms with Gasteiger partial charge in [0.05, 0.1) is 16.8 Å². The molecule has 24 heavy (non-hydrogen) atoms. The molecular formula is C17H10F3NO3. The summed E-state index contributed by atoms with van der Waals surface area (Å²) in [4.78, 5) is 26.5. The summed E-state index contributed by atoms with van der Waals surface area (Å²) in [5.41, 5.74) is -2.84. The molecule has 1 aromatic heterocycles. The molecule has 122 valence electrons. The number of H-pyrrole nitrogens is 1. The van der Waals surface area contributed by atoms with E-state index in [0.717, 1.165) is 12.1 Å². The average molecular weight is 333 g/mol. The SMILES string of the molecule is O=C(O)c1c(-c2ccccc2)[nH]c2c(C(F)(F)F)cccc2c1=O. The molecule has 0 aliphatic carbocycles. The molecule has 0 bridgehead atoms. The second-order valence-corrected chi connectivity index (χ2v) is 5.10. The zero-order valence-electron chi connectivity index (χ0n) is 12.0. The van der Waals surface area contributed by atoms with Gasteiger partial charge in [-0.25, -0.2) is 4.79 Å². The standard InChI is InChI=1S/C17H10F3NO3/c18-17(19,20)11-8-4-7-10-14(11)21-13(9-5-2-1-3-6-9)12(15(10)22)16(23)24/h1-8H,(H,21,22)(H,23,24). The Bertz CT molecular complexity index is 992. The Balaban J connectivity index is 2.49. The number of nitrogens with one attached hydrogen (secondary N) is 1. The van der Waals surface area contributed by atoms with Gasteiger partial charge in [0.1, 0.15) is 5.56 Å². The lowest BCUT2D eigenvalue weighted by Gasteiger charge is -2.13. The lowest BCUT2D eigenvalue weighted by molar-refractivity contribution is -0.136. The van der Waals surface area contributed by atoms with Crippen LogP contribution in [0.4, 0.5) is 13.2 Å². The summed E-state index contributed by atoms with van der Waals surface area (Å²) in [6, 6.07) is 11.0. The molecule has 3 aromatic rings. The molecule has 0 saturated heterocycles. The number of benzene rings is 2. The summed E-state index contributed by atoms with van der Waals surface area (Å²) < 4.78 is 39.6. The van der Waals surface area contributed by atoms with Gasteiger partial charge in [0.2, 0.25) is 5.43 Å². The second-order valence-electron chi connectivity index (χ2n) is 5.10. The van der Waals surface area contributed by atoms with E-state index < -0.39 is 34.2 Å². The maximum Gasteiger partial charge on any atom is 0.418 e. The molecule has 0 saturated carbocycles. The maximum absolute atomic E-state index is 13.2. The van der Waals surface area contributed by atoms with Crippen LogP contribution in [0.25, 0.3) is 22.2 Å². The predicted molar refractivity (Wildman–Crippen MR) is 82.0 cm³/mol. The number of para-hydroxylation sites is 1. The summed E-state index contributed by atoms with van der Waals surface area (Å²) in [6.07, 6.45) is -4.68. The number of alkyl halides is 3. The number of carboxylic acids is 1. The smallest absolute Gasteiger partial charge is 0.418 e. The van der Waals surface area contributed by atoms with E-state index in [2.05, 4.69) is 4.98 Å². The number of aromatic nitrogens is 1. The number of halogens is 3. The third-order valence-corrected chi connectivity index (χ3v) is 3.62. The van der Waals surface area contributed by atoms with Crippen molar-refractivity contribution in [3.63, 3.8) is 0 Å². The normalized spacial score (nSPS) is 11.6. The highest BCUT2D eigenvalue weighted by atomic mass is 19.4. The summed E-state index contributed by atoms with van der Waals surface area (Å²) in [6.45, 7) is 0. The number of pyridine rings is 1. The Hall–Kier alpha value is -3.09. The van der Waals surface area contributed by atoms with Crippen LogP contribution in [0.3, 0.4) is 0 Å². The van der Waals surface area contributed by atoms with Crippen LogP contribution in [0.1, 0.15) is 15.9 Å². The highest BCUT2D eigenvalue weighted by Gasteiger charge is 2.34. The van der Waals surface area contributed by atoms with E-state index in [-0.39, 0.29) is 11.1 Å². The number of aromatic carboxylic acids is 1. The van der Waals surface area contributed by atoms with E-state index >= 15 is 0 Å². The van der Waals surface area contributed by atoms with Gasteiger partial charge in [-0.1, -0.05) is 36.4 Å². The molecule has 7 heteroatoms. The van der Waals surface area contributed by atoms with Gasteiger partial charge in [-0.3, -0.25) is 4.79 Å². The molecule has 0 unspecified atom stereocenters. The lowest BCUT2D eigenvalue weighted by Crippen LogP contribution is -2.19. The van der Waals surface area contributed by atoms with Gasteiger partial charge in [0.15, 0.2) is 0 Å². The minimum Gasteiger partial charge on any atom is -0.477 e. The fourth-order valence-electron chi connectivity index (χ4n) is 2.57. The quantitative estimate of drug-likeness (QED) is 0.747. The number of hydrogen-bond acceptors (Lipinski definition) is 2. The molecule has 0 aliphatic heterocycles. The second kappa shape index (κ2) is 5.52. The Labute approximate surface area is 133 Å². The van der Waals surface area contributed by atoms with Crippen molar-refractivity contribution in [3.8, 4) is 11.3 Å². The monoisotopic (exact) mass is 333 g/mol. The van der Waals surface area contributed by atoms with Crippen LogP contribution >= 0.6 is 0 Å². The number of aromatic amines is 1. The molecule has 0 atom stereocenters. The predicted octanol–water partition coefficient (Wildman–Crippen LogP) is 3.91. The number of hydrogen-bond donors (Lipinski definition) is 2. The Morgan fingerprint density at radius 3 is 2.25 bits per heavy atom. The van der Waals surface area contributed by atoms with Crippen LogP contribution in [-0.2, 0) is 6.18 Å². The van der Waals surface area contributed by atoms with Gasteiger partial charge in [-0.2, -0.15) is 13.2 Å². The van der Waals surface area contributed by atoms with Crippen molar-refractivity contribution in [1.29, 1.82) is 0 Å². The minimum absolute atomic E-state index is 0.155. The first kappa shape index (κ1) is 15.8. The van der Waals surface area contributed by atoms with Gasteiger partial charge in [0.25, 0.3) is 0 Å². The molecule has 1 heterocycles. The first-order valence-electron chi connectivity index (χ1n) is 6.85. The van der Waals surface area contributed by atoms with Crippen molar-refractivity contribution in [2.45, 2.75) is 6.18 Å². The molecule has 0 fully saturated rings. The molecule has 0 aliphatic rings. The summed E-state index contributed by atoms with van der Waals surface area (Å²) >= 11 is 0. The van der Waals surface area contributed by atoms with E-state index in [4.69, 9.17) is 0 Å². The third-order valence-electron chi connectivity index (χ3n) is 3.62. The van der Waals surface area contributed by atoms with Gasteiger partial charge in [-0.15, -0.1) is 0 Å². The number of carbonyl (C=O) groups is 1. The molecule has 0 spiro atoms. The van der Waals surface area contributed by atoms with Crippen molar-refractivity contribution in [3.05, 3.63) is 69.9 Å². The van der Waals surface area contributed by atoms with Crippen LogP contribution < -0.4 is 5.43 Å². The van der Waals surface area contributed by atoms with E-state index in [0.29, 0.717) is 5.56 Å². The fraction of sp³-hybridized carbons (Fsp3) is 0.0588. The number of rotatable bonds is 2. The zero-order valence-corrected chi connectivity index (χ0v) is 12.0. The molecule has 0 amide bonds. The van der Waals surface area contributed by atoms with Gasteiger partial charge < -0.3 is 10.1 Å². The fourth-order valence-corrected chi connectivity index (χ4v) is 2.57. The van der Waals surface area contributed by atoms with E-state index in [1.807, 2.05) is 0 Å². The van der Waals surface area contributed by atoms with E-state index in [9.17, 15) is 27.9 Å². The third kappa shape index (κ3) is 2.54. The summed E-state index contributed by atoms with van der Waals surface area (Å²) in [5, 5.41) is 9.04. The van der Waals surface area contributed by atoms with E-state index in [1.54, 1.807) is 18.2 Å². The number of carboxylic acid groups (broad SMARTS) is 1. The van der Waals surface area contributed by atoms with Crippen LogP contribution in [-0.4, -0.2) is 16.1 Å². The van der Waals surface area contributed by atoms with Crippen molar-refractivity contribution < 1.29 is 23.1 Å². The average Bonchev–Trinajstić information content (AvgIpc) is 2.53. The molecule has 4 nitrogen and oxygen atoms in total. The Kier molecular flexibility index (Phi) is 3.63. The molecular weight excluding hydrogens is 323 g/mol. The molecule has 2 aromatic carbocycles. The highest BCUT2D eigenvalue weighted by Crippen LogP contribution is 2.34. The van der Waals surface area contributed by atoms with Gasteiger partial charge in [-0.05, 0) is 17.7 Å². The van der Waals surface area contributed by atoms with Crippen molar-refractivity contribution in [2.75, 3.05) is 0 Å². The molecule has 0 radical (unpaired) electrons.